The number of hydrogen-bond acceptors (Lipinski definition) is 4. The number of carbonyl (C=O) groups is 1. The van der Waals surface area contributed by atoms with Crippen LogP contribution >= 0.6 is 15.9 Å². The van der Waals surface area contributed by atoms with Crippen molar-refractivity contribution in [2.45, 2.75) is 20.0 Å². The van der Waals surface area contributed by atoms with Gasteiger partial charge in [-0.05, 0) is 69.9 Å². The van der Waals surface area contributed by atoms with Crippen LogP contribution in [0.2, 0.25) is 0 Å². The van der Waals surface area contributed by atoms with E-state index in [0.29, 0.717) is 32.8 Å². The number of carbonyl (C=O) groups excluding carboxylic acids is 1. The molecule has 33 heavy (non-hydrogen) atoms. The van der Waals surface area contributed by atoms with Gasteiger partial charge in [-0.15, -0.1) is 0 Å². The van der Waals surface area contributed by atoms with Crippen LogP contribution < -0.4 is 14.8 Å². The fourth-order valence-corrected chi connectivity index (χ4v) is 3.64. The highest BCUT2D eigenvalue weighted by atomic mass is 79.9. The van der Waals surface area contributed by atoms with E-state index in [1.165, 1.54) is 19.3 Å². The Balaban J connectivity index is 1.80. The third-order valence-corrected chi connectivity index (χ3v) is 5.47. The standard InChI is InChI=1S/C26H22BrFN2O3/c1-3-17-8-10-21(11-9-17)30-26(31)20(15-29)12-18-13-22(27)25(24(14-18)32-2)33-16-19-6-4-5-7-23(19)28/h4-14H,3,16H2,1-2H3,(H,30,31)/b20-12+. The van der Waals surface area contributed by atoms with E-state index in [-0.39, 0.29) is 18.0 Å². The van der Waals surface area contributed by atoms with E-state index in [9.17, 15) is 14.4 Å². The molecule has 3 aromatic carbocycles. The second kappa shape index (κ2) is 11.3. The maximum absolute atomic E-state index is 13.9. The van der Waals surface area contributed by atoms with Gasteiger partial charge in [0.25, 0.3) is 5.91 Å². The van der Waals surface area contributed by atoms with Gasteiger partial charge in [-0.2, -0.15) is 5.26 Å². The fourth-order valence-electron chi connectivity index (χ4n) is 3.07. The van der Waals surface area contributed by atoms with Crippen LogP contribution in [0.15, 0.2) is 70.7 Å². The minimum absolute atomic E-state index is 0.0134. The van der Waals surface area contributed by atoms with E-state index in [1.54, 1.807) is 42.5 Å². The Labute approximate surface area is 200 Å². The molecular weight excluding hydrogens is 487 g/mol. The molecule has 0 saturated heterocycles. The quantitative estimate of drug-likeness (QED) is 0.287. The molecule has 0 fully saturated rings. The maximum atomic E-state index is 13.9. The SMILES string of the molecule is CCc1ccc(NC(=O)/C(C#N)=C/c2cc(Br)c(OCc3ccccc3F)c(OC)c2)cc1. The number of nitrogens with one attached hydrogen (secondary N) is 1. The van der Waals surface area contributed by atoms with Crippen LogP contribution in [0.1, 0.15) is 23.6 Å². The lowest BCUT2D eigenvalue weighted by atomic mass is 10.1. The number of anilines is 1. The summed E-state index contributed by atoms with van der Waals surface area (Å²) in [6.07, 6.45) is 2.36. The fraction of sp³-hybridized carbons (Fsp3) is 0.154. The second-order valence-corrected chi connectivity index (χ2v) is 7.94. The molecule has 0 aliphatic carbocycles. The van der Waals surface area contributed by atoms with E-state index in [4.69, 9.17) is 9.47 Å². The number of aryl methyl sites for hydroxylation is 1. The summed E-state index contributed by atoms with van der Waals surface area (Å²) in [5.74, 6) is -0.116. The van der Waals surface area contributed by atoms with Gasteiger partial charge in [0.1, 0.15) is 24.1 Å². The van der Waals surface area contributed by atoms with Crippen LogP contribution in [-0.4, -0.2) is 13.0 Å². The van der Waals surface area contributed by atoms with Crippen molar-refractivity contribution in [3.63, 3.8) is 0 Å². The van der Waals surface area contributed by atoms with Gasteiger partial charge in [0.05, 0.1) is 11.6 Å². The number of hydrogen-bond donors (Lipinski definition) is 1. The molecule has 1 amide bonds. The third kappa shape index (κ3) is 6.21. The summed E-state index contributed by atoms with van der Waals surface area (Å²) in [4.78, 5) is 12.6. The van der Waals surface area contributed by atoms with Gasteiger partial charge in [-0.25, -0.2) is 4.39 Å². The zero-order valence-corrected chi connectivity index (χ0v) is 19.8. The average molecular weight is 509 g/mol. The van der Waals surface area contributed by atoms with Crippen LogP contribution in [0, 0.1) is 17.1 Å². The maximum Gasteiger partial charge on any atom is 0.266 e. The van der Waals surface area contributed by atoms with E-state index in [0.717, 1.165) is 12.0 Å². The number of halogens is 2. The molecule has 3 aromatic rings. The Morgan fingerprint density at radius 1 is 1.18 bits per heavy atom. The van der Waals surface area contributed by atoms with Crippen LogP contribution in [0.3, 0.4) is 0 Å². The Morgan fingerprint density at radius 3 is 2.55 bits per heavy atom. The van der Waals surface area contributed by atoms with Gasteiger partial charge >= 0.3 is 0 Å². The van der Waals surface area contributed by atoms with E-state index in [1.807, 2.05) is 25.1 Å². The summed E-state index contributed by atoms with van der Waals surface area (Å²) < 4.78 is 25.6. The van der Waals surface area contributed by atoms with Crippen LogP contribution in [-0.2, 0) is 17.8 Å². The summed E-state index contributed by atoms with van der Waals surface area (Å²) in [5.41, 5.74) is 2.66. The minimum atomic E-state index is -0.517. The number of nitrogens with zero attached hydrogens (tertiary/aromatic N) is 1. The molecule has 0 aliphatic rings. The summed E-state index contributed by atoms with van der Waals surface area (Å²) in [6, 6.07) is 19.1. The van der Waals surface area contributed by atoms with Crippen molar-refractivity contribution in [2.24, 2.45) is 0 Å². The first-order valence-electron chi connectivity index (χ1n) is 10.2. The molecule has 168 valence electrons. The first-order valence-corrected chi connectivity index (χ1v) is 11.0. The van der Waals surface area contributed by atoms with Crippen molar-refractivity contribution in [3.05, 3.63) is 93.2 Å². The Bertz CT molecular complexity index is 1220. The van der Waals surface area contributed by atoms with Gasteiger partial charge in [0.2, 0.25) is 0 Å². The summed E-state index contributed by atoms with van der Waals surface area (Å²) in [7, 11) is 1.48. The van der Waals surface area contributed by atoms with Crippen molar-refractivity contribution >= 4 is 33.6 Å². The van der Waals surface area contributed by atoms with Crippen molar-refractivity contribution in [3.8, 4) is 17.6 Å². The highest BCUT2D eigenvalue weighted by Gasteiger charge is 2.15. The Hall–Kier alpha value is -3.63. The number of methoxy groups -OCH3 is 1. The van der Waals surface area contributed by atoms with E-state index in [2.05, 4.69) is 21.2 Å². The molecule has 0 spiro atoms. The lowest BCUT2D eigenvalue weighted by Gasteiger charge is -2.14. The van der Waals surface area contributed by atoms with Crippen molar-refractivity contribution in [2.75, 3.05) is 12.4 Å². The molecule has 0 heterocycles. The van der Waals surface area contributed by atoms with Gasteiger partial charge in [0, 0.05) is 11.3 Å². The zero-order valence-electron chi connectivity index (χ0n) is 18.2. The van der Waals surface area contributed by atoms with Crippen molar-refractivity contribution in [1.82, 2.24) is 0 Å². The average Bonchev–Trinajstić information content (AvgIpc) is 2.82. The molecule has 7 heteroatoms. The van der Waals surface area contributed by atoms with E-state index < -0.39 is 5.91 Å². The Morgan fingerprint density at radius 2 is 1.91 bits per heavy atom. The van der Waals surface area contributed by atoms with Gasteiger partial charge in [0.15, 0.2) is 11.5 Å². The molecule has 0 saturated carbocycles. The minimum Gasteiger partial charge on any atom is -0.493 e. The summed E-state index contributed by atoms with van der Waals surface area (Å²) >= 11 is 3.44. The molecule has 0 aliphatic heterocycles. The summed E-state index contributed by atoms with van der Waals surface area (Å²) in [5, 5.41) is 12.3. The normalized spacial score (nSPS) is 10.9. The van der Waals surface area contributed by atoms with Crippen LogP contribution in [0.4, 0.5) is 10.1 Å². The highest BCUT2D eigenvalue weighted by Crippen LogP contribution is 2.38. The molecular formula is C26H22BrFN2O3. The first-order chi connectivity index (χ1) is 15.9. The number of amides is 1. The van der Waals surface area contributed by atoms with Crippen molar-refractivity contribution in [1.29, 1.82) is 5.26 Å². The van der Waals surface area contributed by atoms with Crippen LogP contribution in [0.25, 0.3) is 6.08 Å². The smallest absolute Gasteiger partial charge is 0.266 e. The molecule has 1 N–H and O–H groups in total. The lowest BCUT2D eigenvalue weighted by molar-refractivity contribution is -0.112. The second-order valence-electron chi connectivity index (χ2n) is 7.09. The largest absolute Gasteiger partial charge is 0.493 e. The number of benzene rings is 3. The lowest BCUT2D eigenvalue weighted by Crippen LogP contribution is -2.13. The first kappa shape index (κ1) is 24.0. The van der Waals surface area contributed by atoms with Gasteiger partial charge < -0.3 is 14.8 Å². The number of ether oxygens (including phenoxy) is 2. The molecule has 3 rings (SSSR count). The predicted molar refractivity (Wildman–Crippen MR) is 129 cm³/mol. The third-order valence-electron chi connectivity index (χ3n) is 4.88. The van der Waals surface area contributed by atoms with Crippen molar-refractivity contribution < 1.29 is 18.7 Å². The zero-order chi connectivity index (χ0) is 23.8. The molecule has 0 radical (unpaired) electrons. The highest BCUT2D eigenvalue weighted by molar-refractivity contribution is 9.10. The number of nitriles is 1. The summed E-state index contributed by atoms with van der Waals surface area (Å²) in [6.45, 7) is 2.06. The molecule has 5 nitrogen and oxygen atoms in total. The molecule has 0 bridgehead atoms. The molecule has 0 aromatic heterocycles. The monoisotopic (exact) mass is 508 g/mol. The topological polar surface area (TPSA) is 71.4 Å². The van der Waals surface area contributed by atoms with Gasteiger partial charge in [-0.1, -0.05) is 37.3 Å². The van der Waals surface area contributed by atoms with Crippen LogP contribution in [0.5, 0.6) is 11.5 Å². The Kier molecular flexibility index (Phi) is 8.22. The van der Waals surface area contributed by atoms with Gasteiger partial charge in [-0.3, -0.25) is 4.79 Å². The molecule has 0 unspecified atom stereocenters. The predicted octanol–water partition coefficient (Wildman–Crippen LogP) is 6.28. The van der Waals surface area contributed by atoms with E-state index >= 15 is 0 Å². The molecule has 0 atom stereocenters. The number of rotatable bonds is 8.